The van der Waals surface area contributed by atoms with E-state index in [-0.39, 0.29) is 37.4 Å². The van der Waals surface area contributed by atoms with Gasteiger partial charge in [0.05, 0.1) is 18.8 Å². The molecule has 10 nitrogen and oxygen atoms in total. The van der Waals surface area contributed by atoms with Crippen molar-refractivity contribution in [2.24, 2.45) is 17.8 Å². The first-order chi connectivity index (χ1) is 15.9. The van der Waals surface area contributed by atoms with E-state index in [1.807, 2.05) is 13.8 Å². The van der Waals surface area contributed by atoms with Gasteiger partial charge in [0.2, 0.25) is 6.10 Å². The third-order valence-corrected chi connectivity index (χ3v) is 5.77. The number of carbonyl (C=O) groups is 4. The summed E-state index contributed by atoms with van der Waals surface area (Å²) in [6.45, 7) is 9.97. The molecule has 0 bridgehead atoms. The lowest BCUT2D eigenvalue weighted by Crippen LogP contribution is -2.46. The van der Waals surface area contributed by atoms with Crippen molar-refractivity contribution in [1.29, 1.82) is 0 Å². The Labute approximate surface area is 198 Å². The van der Waals surface area contributed by atoms with Crippen molar-refractivity contribution in [1.82, 2.24) is 0 Å². The summed E-state index contributed by atoms with van der Waals surface area (Å²) >= 11 is 0. The zero-order valence-corrected chi connectivity index (χ0v) is 20.3. The lowest BCUT2D eigenvalue weighted by molar-refractivity contribution is -0.200. The summed E-state index contributed by atoms with van der Waals surface area (Å²) in [6.07, 6.45) is 0.375. The van der Waals surface area contributed by atoms with E-state index < -0.39 is 47.9 Å². The molecule has 0 aromatic carbocycles. The van der Waals surface area contributed by atoms with Gasteiger partial charge in [0.15, 0.2) is 6.10 Å². The summed E-state index contributed by atoms with van der Waals surface area (Å²) in [5.41, 5.74) is 0.237. The average molecular weight is 481 g/mol. The molecule has 0 amide bonds. The molecule has 0 N–H and O–H groups in total. The molecule has 1 fully saturated rings. The first-order valence-electron chi connectivity index (χ1n) is 11.4. The van der Waals surface area contributed by atoms with Crippen molar-refractivity contribution in [2.45, 2.75) is 72.1 Å². The molecule has 0 aromatic rings. The van der Waals surface area contributed by atoms with Crippen LogP contribution in [0.15, 0.2) is 23.5 Å². The number of rotatable bonds is 9. The molecular weight excluding hydrogens is 448 g/mol. The van der Waals surface area contributed by atoms with Gasteiger partial charge in [0.25, 0.3) is 6.29 Å². The smallest absolute Gasteiger partial charge is 0.350 e. The Balaban J connectivity index is 1.86. The summed E-state index contributed by atoms with van der Waals surface area (Å²) in [7, 11) is 0. The topological polar surface area (TPSA) is 127 Å². The van der Waals surface area contributed by atoms with Crippen LogP contribution in [-0.2, 0) is 47.6 Å². The Hall–Kier alpha value is -2.88. The third-order valence-electron chi connectivity index (χ3n) is 5.77. The van der Waals surface area contributed by atoms with Crippen LogP contribution in [0.1, 0.15) is 48.0 Å². The number of carbonyl (C=O) groups excluding carboxylic acids is 4. The molecule has 3 rings (SSSR count). The highest BCUT2D eigenvalue weighted by molar-refractivity contribution is 5.79. The van der Waals surface area contributed by atoms with E-state index in [1.165, 1.54) is 20.1 Å². The van der Waals surface area contributed by atoms with Crippen LogP contribution in [0.4, 0.5) is 0 Å². The lowest BCUT2D eigenvalue weighted by atomic mass is 9.85. The van der Waals surface area contributed by atoms with E-state index >= 15 is 0 Å². The summed E-state index contributed by atoms with van der Waals surface area (Å²) in [4.78, 5) is 48.1. The van der Waals surface area contributed by atoms with Crippen LogP contribution in [-0.4, -0.2) is 61.2 Å². The molecule has 5 unspecified atom stereocenters. The quantitative estimate of drug-likeness (QED) is 0.275. The van der Waals surface area contributed by atoms with Gasteiger partial charge in [-0.2, -0.15) is 0 Å². The highest BCUT2D eigenvalue weighted by Crippen LogP contribution is 2.54. The normalized spacial score (nSPS) is 27.8. The molecule has 3 aliphatic rings. The summed E-state index contributed by atoms with van der Waals surface area (Å²) in [5.74, 6) is -3.06. The van der Waals surface area contributed by atoms with Gasteiger partial charge in [-0.1, -0.05) is 27.7 Å². The Morgan fingerprint density at radius 3 is 2.29 bits per heavy atom. The minimum absolute atomic E-state index is 0.0663. The minimum Gasteiger partial charge on any atom is -0.461 e. The van der Waals surface area contributed by atoms with E-state index in [0.29, 0.717) is 11.1 Å². The number of esters is 4. The van der Waals surface area contributed by atoms with Crippen molar-refractivity contribution in [3.8, 4) is 0 Å². The van der Waals surface area contributed by atoms with Crippen molar-refractivity contribution < 1.29 is 47.6 Å². The predicted octanol–water partition coefficient (Wildman–Crippen LogP) is 2.20. The third kappa shape index (κ3) is 5.60. The molecule has 2 heterocycles. The van der Waals surface area contributed by atoms with Gasteiger partial charge >= 0.3 is 23.9 Å². The van der Waals surface area contributed by atoms with Crippen LogP contribution < -0.4 is 0 Å². The lowest BCUT2D eigenvalue weighted by Gasteiger charge is -2.34. The molecule has 34 heavy (non-hydrogen) atoms. The maximum Gasteiger partial charge on any atom is 0.350 e. The van der Waals surface area contributed by atoms with Gasteiger partial charge < -0.3 is 28.4 Å². The van der Waals surface area contributed by atoms with Crippen molar-refractivity contribution >= 4 is 23.9 Å². The first-order valence-corrected chi connectivity index (χ1v) is 11.4. The van der Waals surface area contributed by atoms with Crippen LogP contribution in [0, 0.1) is 17.8 Å². The van der Waals surface area contributed by atoms with Crippen molar-refractivity contribution in [3.63, 3.8) is 0 Å². The fourth-order valence-electron chi connectivity index (χ4n) is 4.12. The molecule has 188 valence electrons. The van der Waals surface area contributed by atoms with Gasteiger partial charge in [-0.05, 0) is 17.6 Å². The molecule has 1 saturated heterocycles. The standard InChI is InChI=1S/C24H32O10/c1-12(2)7-19(27)33-18-8-17-16(9-29-14(5)25)10-30-23(20(17)24(18)11-31-24)34-22(28)21(13(3)4)32-15(6)26/h8,10,12-13,18,20-21,23H,7,9,11H2,1-6H3. The Bertz CT molecular complexity index is 895. The molecule has 5 atom stereocenters. The average Bonchev–Trinajstić information content (AvgIpc) is 3.44. The van der Waals surface area contributed by atoms with Gasteiger partial charge in [0.1, 0.15) is 12.2 Å². The summed E-state index contributed by atoms with van der Waals surface area (Å²) < 4.78 is 33.2. The number of hydrogen-bond acceptors (Lipinski definition) is 10. The highest BCUT2D eigenvalue weighted by atomic mass is 16.7. The molecule has 1 aliphatic carbocycles. The summed E-state index contributed by atoms with van der Waals surface area (Å²) in [6, 6.07) is 0. The molecule has 1 spiro atoms. The molecule has 0 saturated carbocycles. The second kappa shape index (κ2) is 10.2. The molecule has 0 radical (unpaired) electrons. The fourth-order valence-corrected chi connectivity index (χ4v) is 4.12. The predicted molar refractivity (Wildman–Crippen MR) is 116 cm³/mol. The number of hydrogen-bond donors (Lipinski definition) is 0. The van der Waals surface area contributed by atoms with Gasteiger partial charge in [0, 0.05) is 31.8 Å². The number of epoxide rings is 1. The van der Waals surface area contributed by atoms with Crippen molar-refractivity contribution in [3.05, 3.63) is 23.5 Å². The highest BCUT2D eigenvalue weighted by Gasteiger charge is 2.68. The van der Waals surface area contributed by atoms with E-state index in [2.05, 4.69) is 0 Å². The Morgan fingerprint density at radius 2 is 1.76 bits per heavy atom. The van der Waals surface area contributed by atoms with E-state index in [4.69, 9.17) is 28.4 Å². The Morgan fingerprint density at radius 1 is 1.09 bits per heavy atom. The zero-order chi connectivity index (χ0) is 25.2. The minimum atomic E-state index is -1.12. The monoisotopic (exact) mass is 480 g/mol. The molecular formula is C24H32O10. The number of ether oxygens (including phenoxy) is 6. The maximum atomic E-state index is 12.9. The van der Waals surface area contributed by atoms with E-state index in [9.17, 15) is 19.2 Å². The number of fused-ring (bicyclic) bond motifs is 2. The first kappa shape index (κ1) is 25.7. The van der Waals surface area contributed by atoms with Crippen LogP contribution in [0.5, 0.6) is 0 Å². The molecule has 2 aliphatic heterocycles. The second-order valence-corrected chi connectivity index (χ2v) is 9.49. The largest absolute Gasteiger partial charge is 0.461 e. The fraction of sp³-hybridized carbons (Fsp3) is 0.667. The Kier molecular flexibility index (Phi) is 7.70. The van der Waals surface area contributed by atoms with E-state index in [0.717, 1.165) is 0 Å². The van der Waals surface area contributed by atoms with Gasteiger partial charge in [-0.3, -0.25) is 14.4 Å². The maximum absolute atomic E-state index is 12.9. The van der Waals surface area contributed by atoms with E-state index in [1.54, 1.807) is 19.9 Å². The van der Waals surface area contributed by atoms with Crippen LogP contribution in [0.2, 0.25) is 0 Å². The van der Waals surface area contributed by atoms with Crippen molar-refractivity contribution in [2.75, 3.05) is 13.2 Å². The summed E-state index contributed by atoms with van der Waals surface area (Å²) in [5, 5.41) is 0. The van der Waals surface area contributed by atoms with Gasteiger partial charge in [-0.15, -0.1) is 0 Å². The van der Waals surface area contributed by atoms with Crippen LogP contribution >= 0.6 is 0 Å². The second-order valence-electron chi connectivity index (χ2n) is 9.49. The van der Waals surface area contributed by atoms with Crippen LogP contribution in [0.25, 0.3) is 0 Å². The SMILES string of the molecule is CC(=O)OCC1=COC(OC(=O)C(OC(C)=O)C(C)C)C2C1=CC(OC(=O)CC(C)C)C21CO1. The molecule has 0 aromatic heterocycles. The zero-order valence-electron chi connectivity index (χ0n) is 20.3. The molecule has 10 heteroatoms. The van der Waals surface area contributed by atoms with Crippen LogP contribution in [0.3, 0.4) is 0 Å². The van der Waals surface area contributed by atoms with Gasteiger partial charge in [-0.25, -0.2) is 4.79 Å².